The number of hydrogen-bond donors (Lipinski definition) is 2. The van der Waals surface area contributed by atoms with Gasteiger partial charge in [-0.25, -0.2) is 4.99 Å². The summed E-state index contributed by atoms with van der Waals surface area (Å²) in [6, 6.07) is 30.1. The molecule has 4 aromatic rings. The summed E-state index contributed by atoms with van der Waals surface area (Å²) in [5.74, 6) is 1.35. The predicted octanol–water partition coefficient (Wildman–Crippen LogP) is 6.69. The number of hydrogen-bond acceptors (Lipinski definition) is 6. The van der Waals surface area contributed by atoms with E-state index < -0.39 is 11.6 Å². The molecule has 0 aromatic heterocycles. The van der Waals surface area contributed by atoms with Crippen LogP contribution in [-0.4, -0.2) is 42.8 Å². The number of rotatable bonds is 12. The molecule has 0 fully saturated rings. The van der Waals surface area contributed by atoms with Crippen LogP contribution in [-0.2, 0) is 22.5 Å². The number of ether oxygens (including phenoxy) is 3. The average Bonchev–Trinajstić information content (AvgIpc) is 3.42. The Labute approximate surface area is 264 Å². The van der Waals surface area contributed by atoms with E-state index in [2.05, 4.69) is 21.2 Å². The van der Waals surface area contributed by atoms with Gasteiger partial charge in [-0.05, 0) is 65.2 Å². The summed E-state index contributed by atoms with van der Waals surface area (Å²) >= 11 is 10.1. The summed E-state index contributed by atoms with van der Waals surface area (Å²) in [6.07, 6.45) is 0.0356. The van der Waals surface area contributed by atoms with Gasteiger partial charge in [-0.1, -0.05) is 76.1 Å². The molecule has 9 heteroatoms. The van der Waals surface area contributed by atoms with Crippen LogP contribution >= 0.6 is 27.5 Å². The van der Waals surface area contributed by atoms with Crippen molar-refractivity contribution in [2.75, 3.05) is 20.3 Å². The molecule has 0 radical (unpaired) electrons. The number of aliphatic imine (C=N–C) groups is 1. The smallest absolute Gasteiger partial charge is 0.252 e. The number of amides is 1. The molecule has 0 spiro atoms. The molecule has 1 amide bonds. The standard InChI is InChI=1S/C34H32BrClN2O5/c1-41-28-11-6-10-24(20-28)31-34(21-25-8-2-4-12-29(25)35,33(40)37-22-26-9-3-5-13-30(26)36)38-32(43-31)23-14-16-27(17-15-23)42-19-7-18-39/h2-6,8-17,20,31,39H,7,18-19,21-22H2,1H3,(H,37,40)/t31-,34-/m1/s1. The van der Waals surface area contributed by atoms with E-state index >= 15 is 0 Å². The van der Waals surface area contributed by atoms with E-state index in [1.165, 1.54) is 0 Å². The van der Waals surface area contributed by atoms with Gasteiger partial charge >= 0.3 is 0 Å². The van der Waals surface area contributed by atoms with Crippen LogP contribution in [0.2, 0.25) is 5.02 Å². The normalized spacial score (nSPS) is 17.6. The molecule has 2 N–H and O–H groups in total. The van der Waals surface area contributed by atoms with Gasteiger partial charge < -0.3 is 24.6 Å². The summed E-state index contributed by atoms with van der Waals surface area (Å²) in [7, 11) is 1.60. The van der Waals surface area contributed by atoms with E-state index in [1.807, 2.05) is 91.0 Å². The number of methoxy groups -OCH3 is 1. The number of nitrogens with zero attached hydrogens (tertiary/aromatic N) is 1. The highest BCUT2D eigenvalue weighted by atomic mass is 79.9. The fourth-order valence-corrected chi connectivity index (χ4v) is 5.62. The number of halogens is 2. The second kappa shape index (κ2) is 14.1. The summed E-state index contributed by atoms with van der Waals surface area (Å²) in [5.41, 5.74) is 1.79. The van der Waals surface area contributed by atoms with Gasteiger partial charge in [0.15, 0.2) is 11.6 Å². The highest BCUT2D eigenvalue weighted by Gasteiger charge is 2.53. The van der Waals surface area contributed by atoms with Gasteiger partial charge in [-0.15, -0.1) is 0 Å². The summed E-state index contributed by atoms with van der Waals surface area (Å²) in [6.45, 7) is 0.699. The molecule has 0 saturated heterocycles. The third-order valence-corrected chi connectivity index (χ3v) is 8.38. The number of carbonyl (C=O) groups is 1. The lowest BCUT2D eigenvalue weighted by molar-refractivity contribution is -0.129. The van der Waals surface area contributed by atoms with Gasteiger partial charge in [0.25, 0.3) is 5.91 Å². The van der Waals surface area contributed by atoms with Crippen molar-refractivity contribution < 1.29 is 24.1 Å². The number of aliphatic hydroxyl groups excluding tert-OH is 1. The second-order valence-corrected chi connectivity index (χ2v) is 11.4. The van der Waals surface area contributed by atoms with Gasteiger partial charge in [0.05, 0.1) is 13.7 Å². The first-order valence-electron chi connectivity index (χ1n) is 13.9. The van der Waals surface area contributed by atoms with Crippen LogP contribution in [0.15, 0.2) is 107 Å². The molecule has 2 atom stereocenters. The third-order valence-electron chi connectivity index (χ3n) is 7.24. The van der Waals surface area contributed by atoms with Crippen molar-refractivity contribution in [3.8, 4) is 11.5 Å². The first kappa shape index (κ1) is 30.6. The first-order valence-corrected chi connectivity index (χ1v) is 15.1. The van der Waals surface area contributed by atoms with E-state index in [9.17, 15) is 4.79 Å². The largest absolute Gasteiger partial charge is 0.497 e. The van der Waals surface area contributed by atoms with Crippen molar-refractivity contribution in [2.45, 2.75) is 31.0 Å². The lowest BCUT2D eigenvalue weighted by Gasteiger charge is -2.31. The number of carbonyl (C=O) groups excluding carboxylic acids is 1. The molecule has 4 aromatic carbocycles. The maximum Gasteiger partial charge on any atom is 0.252 e. The first-order chi connectivity index (χ1) is 20.9. The summed E-state index contributed by atoms with van der Waals surface area (Å²) < 4.78 is 18.7. The van der Waals surface area contributed by atoms with Crippen molar-refractivity contribution in [1.29, 1.82) is 0 Å². The maximum absolute atomic E-state index is 14.5. The molecular formula is C34H32BrClN2O5. The van der Waals surface area contributed by atoms with E-state index in [0.717, 1.165) is 21.2 Å². The van der Waals surface area contributed by atoms with Gasteiger partial charge in [0.1, 0.15) is 11.5 Å². The fraction of sp³-hybridized carbons (Fsp3) is 0.235. The van der Waals surface area contributed by atoms with E-state index in [0.29, 0.717) is 41.0 Å². The van der Waals surface area contributed by atoms with E-state index in [4.69, 9.17) is 35.9 Å². The lowest BCUT2D eigenvalue weighted by atomic mass is 9.82. The minimum atomic E-state index is -1.37. The van der Waals surface area contributed by atoms with Crippen LogP contribution in [0.4, 0.5) is 0 Å². The van der Waals surface area contributed by atoms with Crippen molar-refractivity contribution in [3.05, 3.63) is 129 Å². The molecule has 0 bridgehead atoms. The Balaban J connectivity index is 1.58. The van der Waals surface area contributed by atoms with Crippen molar-refractivity contribution >= 4 is 39.3 Å². The lowest BCUT2D eigenvalue weighted by Crippen LogP contribution is -2.49. The van der Waals surface area contributed by atoms with E-state index in [-0.39, 0.29) is 25.5 Å². The van der Waals surface area contributed by atoms with Crippen LogP contribution in [0, 0.1) is 0 Å². The Kier molecular flexibility index (Phi) is 10.0. The van der Waals surface area contributed by atoms with Crippen LogP contribution < -0.4 is 14.8 Å². The van der Waals surface area contributed by atoms with Crippen LogP contribution in [0.5, 0.6) is 11.5 Å². The number of nitrogens with one attached hydrogen (secondary N) is 1. The zero-order chi connectivity index (χ0) is 30.2. The minimum absolute atomic E-state index is 0.0620. The molecular weight excluding hydrogens is 632 g/mol. The van der Waals surface area contributed by atoms with Gasteiger partial charge in [0, 0.05) is 41.1 Å². The SMILES string of the molecule is COc1cccc([C@H]2OC(c3ccc(OCCCO)cc3)=N[C@@]2(Cc2ccccc2Br)C(=O)NCc2ccccc2Cl)c1. The minimum Gasteiger partial charge on any atom is -0.497 e. The highest BCUT2D eigenvalue weighted by molar-refractivity contribution is 9.10. The molecule has 0 saturated carbocycles. The third kappa shape index (κ3) is 7.04. The number of aliphatic hydroxyl groups is 1. The fourth-order valence-electron chi connectivity index (χ4n) is 4.99. The summed E-state index contributed by atoms with van der Waals surface area (Å²) in [4.78, 5) is 19.5. The van der Waals surface area contributed by atoms with E-state index in [1.54, 1.807) is 13.2 Å². The van der Waals surface area contributed by atoms with Crippen LogP contribution in [0.3, 0.4) is 0 Å². The predicted molar refractivity (Wildman–Crippen MR) is 171 cm³/mol. The molecule has 1 aliphatic heterocycles. The average molecular weight is 664 g/mol. The Morgan fingerprint density at radius 3 is 2.47 bits per heavy atom. The number of benzene rings is 4. The molecule has 0 unspecified atom stereocenters. The maximum atomic E-state index is 14.5. The molecule has 1 heterocycles. The van der Waals surface area contributed by atoms with Gasteiger partial charge in [0.2, 0.25) is 5.90 Å². The van der Waals surface area contributed by atoms with Crippen molar-refractivity contribution in [2.24, 2.45) is 4.99 Å². The van der Waals surface area contributed by atoms with Gasteiger partial charge in [-0.3, -0.25) is 4.79 Å². The molecule has 7 nitrogen and oxygen atoms in total. The van der Waals surface area contributed by atoms with Crippen molar-refractivity contribution in [3.63, 3.8) is 0 Å². The Morgan fingerprint density at radius 1 is 1.00 bits per heavy atom. The Morgan fingerprint density at radius 2 is 1.74 bits per heavy atom. The van der Waals surface area contributed by atoms with Crippen LogP contribution in [0.25, 0.3) is 0 Å². The highest BCUT2D eigenvalue weighted by Crippen LogP contribution is 2.44. The monoisotopic (exact) mass is 662 g/mol. The molecule has 5 rings (SSSR count). The second-order valence-electron chi connectivity index (χ2n) is 10.1. The topological polar surface area (TPSA) is 89.4 Å². The van der Waals surface area contributed by atoms with Gasteiger partial charge in [-0.2, -0.15) is 0 Å². The quantitative estimate of drug-likeness (QED) is 0.165. The van der Waals surface area contributed by atoms with Crippen molar-refractivity contribution in [1.82, 2.24) is 5.32 Å². The molecule has 43 heavy (non-hydrogen) atoms. The van der Waals surface area contributed by atoms with Crippen LogP contribution in [0.1, 0.15) is 34.8 Å². The molecule has 0 aliphatic carbocycles. The molecule has 222 valence electrons. The zero-order valence-corrected chi connectivity index (χ0v) is 26.0. The zero-order valence-electron chi connectivity index (χ0n) is 23.6. The summed E-state index contributed by atoms with van der Waals surface area (Å²) in [5, 5.41) is 12.7. The Hall–Kier alpha value is -3.85. The Bertz CT molecular complexity index is 1600. The molecule has 1 aliphatic rings.